The molecule has 0 bridgehead atoms. The summed E-state index contributed by atoms with van der Waals surface area (Å²) in [6.45, 7) is 1.38. The molecule has 0 aliphatic carbocycles. The lowest BCUT2D eigenvalue weighted by Gasteiger charge is -2.13. The highest BCUT2D eigenvalue weighted by Gasteiger charge is 2.17. The van der Waals surface area contributed by atoms with Gasteiger partial charge in [-0.2, -0.15) is 0 Å². The number of carbonyl (C=O) groups is 1. The molecule has 3 aromatic rings. The van der Waals surface area contributed by atoms with Crippen molar-refractivity contribution < 1.29 is 17.9 Å². The molecule has 0 aliphatic rings. The molecule has 0 fully saturated rings. The van der Waals surface area contributed by atoms with E-state index in [9.17, 15) is 13.2 Å². The SMILES string of the molecule is C.CC(=O)Nc1ccc(S(=O)(=O)Nc2ccccc2Oc2ccccc2)cc1. The molecule has 0 aliphatic heterocycles. The molecule has 146 valence electrons. The zero-order valence-electron chi connectivity index (χ0n) is 14.5. The van der Waals surface area contributed by atoms with E-state index in [4.69, 9.17) is 4.74 Å². The minimum Gasteiger partial charge on any atom is -0.455 e. The van der Waals surface area contributed by atoms with E-state index in [0.717, 1.165) is 0 Å². The lowest BCUT2D eigenvalue weighted by Crippen LogP contribution is -2.14. The summed E-state index contributed by atoms with van der Waals surface area (Å²) in [6, 6.07) is 21.8. The largest absolute Gasteiger partial charge is 0.455 e. The Morgan fingerprint density at radius 2 is 1.46 bits per heavy atom. The van der Waals surface area contributed by atoms with Crippen LogP contribution < -0.4 is 14.8 Å². The Morgan fingerprint density at radius 3 is 2.11 bits per heavy atom. The molecule has 0 heterocycles. The third-order valence-electron chi connectivity index (χ3n) is 3.59. The Labute approximate surface area is 165 Å². The molecule has 0 saturated heterocycles. The van der Waals surface area contributed by atoms with Gasteiger partial charge >= 0.3 is 0 Å². The summed E-state index contributed by atoms with van der Waals surface area (Å²) in [5, 5.41) is 2.60. The van der Waals surface area contributed by atoms with Crippen LogP contribution in [0.25, 0.3) is 0 Å². The molecule has 0 radical (unpaired) electrons. The van der Waals surface area contributed by atoms with Gasteiger partial charge < -0.3 is 10.1 Å². The number of amides is 1. The molecule has 1 amide bonds. The normalized spacial score (nSPS) is 10.5. The highest BCUT2D eigenvalue weighted by atomic mass is 32.2. The van der Waals surface area contributed by atoms with Crippen LogP contribution in [-0.4, -0.2) is 14.3 Å². The third-order valence-corrected chi connectivity index (χ3v) is 4.97. The molecule has 6 nitrogen and oxygen atoms in total. The number of anilines is 2. The van der Waals surface area contributed by atoms with Crippen LogP contribution in [0.2, 0.25) is 0 Å². The number of para-hydroxylation sites is 3. The zero-order valence-corrected chi connectivity index (χ0v) is 15.4. The number of sulfonamides is 1. The van der Waals surface area contributed by atoms with E-state index in [1.54, 1.807) is 36.4 Å². The molecular weight excluding hydrogens is 376 g/mol. The Bertz CT molecular complexity index is 1030. The van der Waals surface area contributed by atoms with Gasteiger partial charge in [-0.1, -0.05) is 37.8 Å². The highest BCUT2D eigenvalue weighted by Crippen LogP contribution is 2.31. The van der Waals surface area contributed by atoms with Crippen molar-refractivity contribution >= 4 is 27.3 Å². The van der Waals surface area contributed by atoms with E-state index in [1.807, 2.05) is 18.2 Å². The summed E-state index contributed by atoms with van der Waals surface area (Å²) in [7, 11) is -3.82. The van der Waals surface area contributed by atoms with Crippen molar-refractivity contribution in [2.24, 2.45) is 0 Å². The Morgan fingerprint density at radius 1 is 0.857 bits per heavy atom. The van der Waals surface area contributed by atoms with Gasteiger partial charge in [0.15, 0.2) is 5.75 Å². The molecule has 3 aromatic carbocycles. The number of carbonyl (C=O) groups excluding carboxylic acids is 1. The van der Waals surface area contributed by atoms with Crippen molar-refractivity contribution in [2.75, 3.05) is 10.0 Å². The maximum absolute atomic E-state index is 12.7. The van der Waals surface area contributed by atoms with Gasteiger partial charge in [0.2, 0.25) is 5.91 Å². The van der Waals surface area contributed by atoms with Crippen LogP contribution in [0.3, 0.4) is 0 Å². The smallest absolute Gasteiger partial charge is 0.262 e. The number of hydrogen-bond donors (Lipinski definition) is 2. The van der Waals surface area contributed by atoms with Crippen molar-refractivity contribution in [3.05, 3.63) is 78.9 Å². The molecule has 0 aromatic heterocycles. The van der Waals surface area contributed by atoms with Crippen LogP contribution in [0.15, 0.2) is 83.8 Å². The summed E-state index contributed by atoms with van der Waals surface area (Å²) in [5.41, 5.74) is 0.849. The highest BCUT2D eigenvalue weighted by molar-refractivity contribution is 7.92. The van der Waals surface area contributed by atoms with E-state index in [1.165, 1.54) is 31.2 Å². The fourth-order valence-corrected chi connectivity index (χ4v) is 3.45. The van der Waals surface area contributed by atoms with Crippen LogP contribution in [0, 0.1) is 0 Å². The van der Waals surface area contributed by atoms with Gasteiger partial charge in [-0.15, -0.1) is 0 Å². The third kappa shape index (κ3) is 5.34. The van der Waals surface area contributed by atoms with Gasteiger partial charge in [0.25, 0.3) is 10.0 Å². The monoisotopic (exact) mass is 398 g/mol. The number of hydrogen-bond acceptors (Lipinski definition) is 4. The second-order valence-corrected chi connectivity index (χ2v) is 7.40. The van der Waals surface area contributed by atoms with Crippen molar-refractivity contribution in [3.63, 3.8) is 0 Å². The minimum absolute atomic E-state index is 0. The standard InChI is InChI=1S/C20H18N2O4S.CH4/c1-15(23)21-16-11-13-18(14-12-16)27(24,25)22-19-9-5-6-10-20(19)26-17-7-3-2-4-8-17;/h2-14,22H,1H3,(H,21,23);1H4. The fourth-order valence-electron chi connectivity index (χ4n) is 2.38. The maximum atomic E-state index is 12.7. The van der Waals surface area contributed by atoms with Crippen molar-refractivity contribution in [3.8, 4) is 11.5 Å². The predicted molar refractivity (Wildman–Crippen MR) is 111 cm³/mol. The van der Waals surface area contributed by atoms with Crippen LogP contribution in [-0.2, 0) is 14.8 Å². The van der Waals surface area contributed by atoms with E-state index < -0.39 is 10.0 Å². The molecule has 0 spiro atoms. The fraction of sp³-hybridized carbons (Fsp3) is 0.0952. The minimum atomic E-state index is -3.82. The molecule has 28 heavy (non-hydrogen) atoms. The topological polar surface area (TPSA) is 84.5 Å². The first-order valence-corrected chi connectivity index (χ1v) is 9.65. The van der Waals surface area contributed by atoms with Gasteiger partial charge in [0, 0.05) is 12.6 Å². The maximum Gasteiger partial charge on any atom is 0.262 e. The van der Waals surface area contributed by atoms with Crippen molar-refractivity contribution in [2.45, 2.75) is 19.2 Å². The van der Waals surface area contributed by atoms with E-state index in [2.05, 4.69) is 10.0 Å². The van der Waals surface area contributed by atoms with Gasteiger partial charge in [-0.3, -0.25) is 9.52 Å². The molecule has 2 N–H and O–H groups in total. The van der Waals surface area contributed by atoms with E-state index >= 15 is 0 Å². The molecule has 0 atom stereocenters. The number of rotatable bonds is 6. The number of nitrogens with one attached hydrogen (secondary N) is 2. The zero-order chi connectivity index (χ0) is 19.3. The molecule has 7 heteroatoms. The Kier molecular flexibility index (Phi) is 6.79. The van der Waals surface area contributed by atoms with Crippen LogP contribution >= 0.6 is 0 Å². The number of ether oxygens (including phenoxy) is 1. The Hall–Kier alpha value is -3.32. The first-order chi connectivity index (χ1) is 12.9. The summed E-state index contributed by atoms with van der Waals surface area (Å²) in [4.78, 5) is 11.1. The summed E-state index contributed by atoms with van der Waals surface area (Å²) in [6.07, 6.45) is 0. The first kappa shape index (κ1) is 21.0. The van der Waals surface area contributed by atoms with Gasteiger partial charge in [0.05, 0.1) is 10.6 Å². The average molecular weight is 398 g/mol. The molecular formula is C21H22N2O4S. The average Bonchev–Trinajstić information content (AvgIpc) is 2.64. The van der Waals surface area contributed by atoms with Crippen molar-refractivity contribution in [1.82, 2.24) is 0 Å². The van der Waals surface area contributed by atoms with Crippen LogP contribution in [0.5, 0.6) is 11.5 Å². The second-order valence-electron chi connectivity index (χ2n) is 5.72. The Balaban J connectivity index is 0.00000280. The lowest BCUT2D eigenvalue weighted by atomic mass is 10.3. The number of benzene rings is 3. The lowest BCUT2D eigenvalue weighted by molar-refractivity contribution is -0.114. The van der Waals surface area contributed by atoms with Crippen molar-refractivity contribution in [1.29, 1.82) is 0 Å². The van der Waals surface area contributed by atoms with Gasteiger partial charge in [-0.25, -0.2) is 8.42 Å². The quantitative estimate of drug-likeness (QED) is 0.620. The van der Waals surface area contributed by atoms with Gasteiger partial charge in [-0.05, 0) is 48.5 Å². The van der Waals surface area contributed by atoms with Gasteiger partial charge in [0.1, 0.15) is 5.75 Å². The van der Waals surface area contributed by atoms with E-state index in [0.29, 0.717) is 22.9 Å². The van der Waals surface area contributed by atoms with Crippen LogP contribution in [0.4, 0.5) is 11.4 Å². The molecule has 3 rings (SSSR count). The van der Waals surface area contributed by atoms with Crippen LogP contribution in [0.1, 0.15) is 14.4 Å². The summed E-state index contributed by atoms with van der Waals surface area (Å²) in [5.74, 6) is 0.765. The second kappa shape index (κ2) is 9.05. The molecule has 0 saturated carbocycles. The first-order valence-electron chi connectivity index (χ1n) is 8.16. The predicted octanol–water partition coefficient (Wildman–Crippen LogP) is 4.87. The summed E-state index contributed by atoms with van der Waals surface area (Å²) >= 11 is 0. The molecule has 0 unspecified atom stereocenters. The van der Waals surface area contributed by atoms with E-state index in [-0.39, 0.29) is 18.2 Å². The summed E-state index contributed by atoms with van der Waals surface area (Å²) < 4.78 is 33.7.